The Balaban J connectivity index is 1.32. The summed E-state index contributed by atoms with van der Waals surface area (Å²) >= 11 is 1.19. The number of nitrogens with zero attached hydrogens (tertiary/aromatic N) is 7. The summed E-state index contributed by atoms with van der Waals surface area (Å²) in [6.45, 7) is 3.79. The fourth-order valence-electron chi connectivity index (χ4n) is 2.89. The van der Waals surface area contributed by atoms with Gasteiger partial charge in [-0.05, 0) is 56.3 Å². The van der Waals surface area contributed by atoms with Crippen LogP contribution in [0.2, 0.25) is 0 Å². The van der Waals surface area contributed by atoms with Crippen LogP contribution < -0.4 is 11.2 Å². The predicted molar refractivity (Wildman–Crippen MR) is 123 cm³/mol. The molecule has 0 unspecified atom stereocenters. The molecule has 162 valence electrons. The predicted octanol–water partition coefficient (Wildman–Crippen LogP) is 3.94. The van der Waals surface area contributed by atoms with Crippen molar-refractivity contribution in [1.82, 2.24) is 24.7 Å². The van der Waals surface area contributed by atoms with E-state index < -0.39 is 0 Å². The van der Waals surface area contributed by atoms with Crippen LogP contribution in [0.1, 0.15) is 11.4 Å². The molecule has 32 heavy (non-hydrogen) atoms. The summed E-state index contributed by atoms with van der Waals surface area (Å²) in [5, 5.41) is 24.1. The molecule has 0 atom stereocenters. The number of aromatic nitrogens is 5. The number of rotatable bonds is 7. The number of thioether (sulfide) groups is 1. The average Bonchev–Trinajstić information content (AvgIpc) is 3.32. The molecule has 2 aromatic carbocycles. The molecule has 3 N–H and O–H groups in total. The Morgan fingerprint density at radius 1 is 1.03 bits per heavy atom. The maximum Gasteiger partial charge on any atom is 0.271 e. The molecule has 1 amide bonds. The van der Waals surface area contributed by atoms with Gasteiger partial charge in [-0.1, -0.05) is 30.0 Å². The zero-order valence-corrected chi connectivity index (χ0v) is 18.3. The summed E-state index contributed by atoms with van der Waals surface area (Å²) in [5.74, 6) is 6.42. The van der Waals surface area contributed by atoms with E-state index in [1.165, 1.54) is 16.4 Å². The van der Waals surface area contributed by atoms with E-state index in [1.54, 1.807) is 28.9 Å². The highest BCUT2D eigenvalue weighted by Crippen LogP contribution is 2.21. The first kappa shape index (κ1) is 21.2. The molecule has 0 saturated carbocycles. The first-order valence-corrected chi connectivity index (χ1v) is 10.7. The van der Waals surface area contributed by atoms with Gasteiger partial charge in [0, 0.05) is 11.4 Å². The van der Waals surface area contributed by atoms with Crippen molar-refractivity contribution in [2.45, 2.75) is 19.0 Å². The minimum atomic E-state index is -0.190. The van der Waals surface area contributed by atoms with Gasteiger partial charge in [0.05, 0.1) is 22.8 Å². The van der Waals surface area contributed by atoms with E-state index >= 15 is 0 Å². The van der Waals surface area contributed by atoms with Crippen LogP contribution in [0.5, 0.6) is 0 Å². The van der Waals surface area contributed by atoms with Crippen molar-refractivity contribution in [2.24, 2.45) is 10.2 Å². The molecule has 0 bridgehead atoms. The summed E-state index contributed by atoms with van der Waals surface area (Å²) in [4.78, 5) is 12.3. The largest absolute Gasteiger partial charge is 0.334 e. The van der Waals surface area contributed by atoms with Gasteiger partial charge in [0.25, 0.3) is 5.95 Å². The SMILES string of the molecule is Cc1cc(C)n(-c2nnc(SCC(=O)Nc3ccc(N=Nc4ccccc4)cc3)n2N)n1. The lowest BCUT2D eigenvalue weighted by Gasteiger charge is -2.06. The van der Waals surface area contributed by atoms with Crippen LogP contribution in [0.25, 0.3) is 5.95 Å². The smallest absolute Gasteiger partial charge is 0.271 e. The van der Waals surface area contributed by atoms with E-state index in [9.17, 15) is 4.79 Å². The Hall–Kier alpha value is -3.99. The Morgan fingerprint density at radius 2 is 1.72 bits per heavy atom. The minimum Gasteiger partial charge on any atom is -0.334 e. The maximum absolute atomic E-state index is 12.3. The van der Waals surface area contributed by atoms with Gasteiger partial charge in [-0.2, -0.15) is 15.3 Å². The Morgan fingerprint density at radius 3 is 2.38 bits per heavy atom. The lowest BCUT2D eigenvalue weighted by atomic mass is 10.3. The molecule has 4 rings (SSSR count). The maximum atomic E-state index is 12.3. The minimum absolute atomic E-state index is 0.127. The summed E-state index contributed by atoms with van der Waals surface area (Å²) in [7, 11) is 0. The van der Waals surface area contributed by atoms with Gasteiger partial charge in [0.15, 0.2) is 0 Å². The number of aryl methyl sites for hydroxylation is 2. The zero-order valence-electron chi connectivity index (χ0n) is 17.5. The lowest BCUT2D eigenvalue weighted by Crippen LogP contribution is -2.18. The number of amides is 1. The van der Waals surface area contributed by atoms with Crippen LogP contribution in [0.15, 0.2) is 76.0 Å². The van der Waals surface area contributed by atoms with Crippen molar-refractivity contribution in [2.75, 3.05) is 16.9 Å². The number of anilines is 1. The quantitative estimate of drug-likeness (QED) is 0.251. The fourth-order valence-corrected chi connectivity index (χ4v) is 3.54. The fraction of sp³-hybridized carbons (Fsp3) is 0.143. The average molecular weight is 448 g/mol. The van der Waals surface area contributed by atoms with Crippen molar-refractivity contribution < 1.29 is 4.79 Å². The monoisotopic (exact) mass is 447 g/mol. The second-order valence-corrected chi connectivity index (χ2v) is 7.85. The number of hydrogen-bond acceptors (Lipinski definition) is 8. The molecule has 2 aromatic heterocycles. The molecule has 0 fully saturated rings. The van der Waals surface area contributed by atoms with Crippen molar-refractivity contribution in [3.05, 3.63) is 72.1 Å². The van der Waals surface area contributed by atoms with Crippen LogP contribution in [0.3, 0.4) is 0 Å². The number of azo groups is 1. The lowest BCUT2D eigenvalue weighted by molar-refractivity contribution is -0.113. The summed E-state index contributed by atoms with van der Waals surface area (Å²) < 4.78 is 2.94. The van der Waals surface area contributed by atoms with E-state index in [2.05, 4.69) is 30.8 Å². The van der Waals surface area contributed by atoms with Gasteiger partial charge in [-0.3, -0.25) is 4.79 Å². The summed E-state index contributed by atoms with van der Waals surface area (Å²) in [6.07, 6.45) is 0. The van der Waals surface area contributed by atoms with E-state index in [4.69, 9.17) is 5.84 Å². The topological polar surface area (TPSA) is 128 Å². The van der Waals surface area contributed by atoms with Crippen molar-refractivity contribution >= 4 is 34.7 Å². The van der Waals surface area contributed by atoms with Gasteiger partial charge in [-0.15, -0.1) is 10.2 Å². The van der Waals surface area contributed by atoms with Gasteiger partial charge >= 0.3 is 0 Å². The molecule has 0 spiro atoms. The number of carbonyl (C=O) groups is 1. The number of nitrogen functional groups attached to an aromatic ring is 1. The van der Waals surface area contributed by atoms with Crippen molar-refractivity contribution in [3.8, 4) is 5.95 Å². The van der Waals surface area contributed by atoms with Crippen LogP contribution in [0.4, 0.5) is 17.1 Å². The zero-order chi connectivity index (χ0) is 22.5. The van der Waals surface area contributed by atoms with Gasteiger partial charge in [-0.25, -0.2) is 9.36 Å². The first-order valence-electron chi connectivity index (χ1n) is 9.73. The Bertz CT molecular complexity index is 1250. The molecule has 2 heterocycles. The second-order valence-electron chi connectivity index (χ2n) is 6.91. The summed E-state index contributed by atoms with van der Waals surface area (Å²) in [6, 6.07) is 18.5. The van der Waals surface area contributed by atoms with Gasteiger partial charge in [0.2, 0.25) is 11.1 Å². The highest BCUT2D eigenvalue weighted by molar-refractivity contribution is 7.99. The van der Waals surface area contributed by atoms with E-state index in [0.717, 1.165) is 17.1 Å². The van der Waals surface area contributed by atoms with Crippen LogP contribution in [-0.4, -0.2) is 36.3 Å². The standard InChI is InChI=1S/C21H21N9OS/c1-14-12-15(2)30(28-14)20-26-27-21(29(20)22)32-13-19(31)23-16-8-10-18(11-9-16)25-24-17-6-4-3-5-7-17/h3-12H,13,22H2,1-2H3,(H,23,31). The summed E-state index contributed by atoms with van der Waals surface area (Å²) in [5.41, 5.74) is 3.87. The van der Waals surface area contributed by atoms with Crippen LogP contribution in [0, 0.1) is 13.8 Å². The number of benzene rings is 2. The van der Waals surface area contributed by atoms with Gasteiger partial charge < -0.3 is 11.2 Å². The number of carbonyl (C=O) groups excluding carboxylic acids is 1. The normalized spacial score (nSPS) is 11.2. The Kier molecular flexibility index (Phi) is 6.26. The number of nitrogens with two attached hydrogens (primary N) is 1. The first-order chi connectivity index (χ1) is 15.5. The number of nitrogens with one attached hydrogen (secondary N) is 1. The Labute approximate surface area is 188 Å². The molecule has 0 aliphatic heterocycles. The molecule has 0 aliphatic carbocycles. The van der Waals surface area contributed by atoms with E-state index in [-0.39, 0.29) is 11.7 Å². The third kappa shape index (κ3) is 5.01. The molecule has 0 radical (unpaired) electrons. The molecule has 0 saturated heterocycles. The molecule has 10 nitrogen and oxygen atoms in total. The second kappa shape index (κ2) is 9.43. The van der Waals surface area contributed by atoms with Crippen molar-refractivity contribution in [3.63, 3.8) is 0 Å². The molecule has 0 aliphatic rings. The molecular weight excluding hydrogens is 426 g/mol. The van der Waals surface area contributed by atoms with Crippen LogP contribution >= 0.6 is 11.8 Å². The third-order valence-corrected chi connectivity index (χ3v) is 5.31. The molecular formula is C21H21N9OS. The van der Waals surface area contributed by atoms with Gasteiger partial charge in [0.1, 0.15) is 0 Å². The highest BCUT2D eigenvalue weighted by atomic mass is 32.2. The highest BCUT2D eigenvalue weighted by Gasteiger charge is 2.16. The van der Waals surface area contributed by atoms with E-state index in [0.29, 0.717) is 22.5 Å². The molecule has 11 heteroatoms. The van der Waals surface area contributed by atoms with Crippen LogP contribution in [-0.2, 0) is 4.79 Å². The third-order valence-electron chi connectivity index (χ3n) is 4.37. The van der Waals surface area contributed by atoms with Crippen molar-refractivity contribution in [1.29, 1.82) is 0 Å². The van der Waals surface area contributed by atoms with E-state index in [1.807, 2.05) is 50.2 Å². The number of hydrogen-bond donors (Lipinski definition) is 2. The molecule has 4 aromatic rings.